The van der Waals surface area contributed by atoms with Crippen molar-refractivity contribution in [3.05, 3.63) is 0 Å². The van der Waals surface area contributed by atoms with Crippen LogP contribution in [0.3, 0.4) is 0 Å². The molecule has 0 aromatic heterocycles. The summed E-state index contributed by atoms with van der Waals surface area (Å²) in [6.45, 7) is 7.36. The molecule has 0 fully saturated rings. The number of nitrogens with two attached hydrogens (primary N) is 2. The molecule has 0 spiro atoms. The lowest BCUT2D eigenvalue weighted by Gasteiger charge is -2.03. The molecule has 0 aliphatic rings. The lowest BCUT2D eigenvalue weighted by atomic mass is 10.1. The van der Waals surface area contributed by atoms with Crippen LogP contribution in [0.1, 0.15) is 71.1 Å². The standard InChI is InChI=1S/C12H24O2.C6H18N4/c1-2-3-4-5-6-7-8-9-10-11-12(13)14;7-1-3-9-5-6-10-4-2-8/h2-11H2,1H3,(H,13,14);9-10H,1-8H2. The van der Waals surface area contributed by atoms with Gasteiger partial charge in [0.05, 0.1) is 0 Å². The molecule has 0 saturated heterocycles. The van der Waals surface area contributed by atoms with Gasteiger partial charge in [-0.05, 0) is 6.42 Å². The third-order valence-electron chi connectivity index (χ3n) is 3.61. The summed E-state index contributed by atoms with van der Waals surface area (Å²) >= 11 is 0. The summed E-state index contributed by atoms with van der Waals surface area (Å²) in [6.07, 6.45) is 11.5. The summed E-state index contributed by atoms with van der Waals surface area (Å²) in [6, 6.07) is 0. The fourth-order valence-electron chi connectivity index (χ4n) is 2.22. The predicted molar refractivity (Wildman–Crippen MR) is 103 cm³/mol. The van der Waals surface area contributed by atoms with Gasteiger partial charge < -0.3 is 27.2 Å². The van der Waals surface area contributed by atoms with Gasteiger partial charge in [-0.15, -0.1) is 0 Å². The van der Waals surface area contributed by atoms with E-state index in [1.54, 1.807) is 0 Å². The Bertz CT molecular complexity index is 233. The predicted octanol–water partition coefficient (Wildman–Crippen LogP) is 2.07. The van der Waals surface area contributed by atoms with Crippen LogP contribution in [0.2, 0.25) is 0 Å². The van der Waals surface area contributed by atoms with Gasteiger partial charge in [0.1, 0.15) is 0 Å². The molecule has 7 N–H and O–H groups in total. The highest BCUT2D eigenvalue weighted by atomic mass is 16.4. The second-order valence-corrected chi connectivity index (χ2v) is 6.05. The number of carboxylic acid groups (broad SMARTS) is 1. The van der Waals surface area contributed by atoms with E-state index in [-0.39, 0.29) is 0 Å². The molecule has 0 amide bonds. The van der Waals surface area contributed by atoms with Crippen LogP contribution in [-0.4, -0.2) is 50.3 Å². The van der Waals surface area contributed by atoms with E-state index in [1.807, 2.05) is 0 Å². The van der Waals surface area contributed by atoms with Crippen LogP contribution >= 0.6 is 0 Å². The molecule has 0 radical (unpaired) electrons. The Kier molecular flexibility index (Phi) is 26.1. The molecular weight excluding hydrogens is 304 g/mol. The van der Waals surface area contributed by atoms with Gasteiger partial charge in [-0.25, -0.2) is 0 Å². The average Bonchev–Trinajstić information content (AvgIpc) is 2.57. The molecule has 0 aromatic carbocycles. The number of hydrogen-bond donors (Lipinski definition) is 5. The average molecular weight is 347 g/mol. The minimum atomic E-state index is -0.659. The SMILES string of the molecule is CCCCCCCCCCCC(=O)O.NCCNCCNCCN. The third kappa shape index (κ3) is 29.3. The zero-order chi connectivity index (χ0) is 18.3. The fraction of sp³-hybridized carbons (Fsp3) is 0.944. The number of carboxylic acids is 1. The van der Waals surface area contributed by atoms with Gasteiger partial charge >= 0.3 is 5.97 Å². The molecule has 0 bridgehead atoms. The monoisotopic (exact) mass is 346 g/mol. The molecule has 0 heterocycles. The van der Waals surface area contributed by atoms with E-state index >= 15 is 0 Å². The Morgan fingerprint density at radius 3 is 1.54 bits per heavy atom. The van der Waals surface area contributed by atoms with Crippen LogP contribution in [0.25, 0.3) is 0 Å². The second kappa shape index (κ2) is 24.6. The normalized spacial score (nSPS) is 10.3. The van der Waals surface area contributed by atoms with Gasteiger partial charge in [-0.3, -0.25) is 4.79 Å². The van der Waals surface area contributed by atoms with Crippen molar-refractivity contribution in [2.75, 3.05) is 39.3 Å². The summed E-state index contributed by atoms with van der Waals surface area (Å²) in [5, 5.41) is 14.7. The van der Waals surface area contributed by atoms with Crippen molar-refractivity contribution < 1.29 is 9.90 Å². The molecule has 0 aromatic rings. The Morgan fingerprint density at radius 2 is 1.17 bits per heavy atom. The van der Waals surface area contributed by atoms with Crippen molar-refractivity contribution in [3.8, 4) is 0 Å². The first-order valence-electron chi connectivity index (χ1n) is 9.72. The van der Waals surface area contributed by atoms with Gasteiger partial charge in [-0.1, -0.05) is 58.3 Å². The number of hydrogen-bond acceptors (Lipinski definition) is 5. The van der Waals surface area contributed by atoms with Crippen LogP contribution in [0.5, 0.6) is 0 Å². The third-order valence-corrected chi connectivity index (χ3v) is 3.61. The smallest absolute Gasteiger partial charge is 0.303 e. The van der Waals surface area contributed by atoms with Crippen molar-refractivity contribution in [1.29, 1.82) is 0 Å². The zero-order valence-electron chi connectivity index (χ0n) is 15.8. The number of carbonyl (C=O) groups is 1. The van der Waals surface area contributed by atoms with Crippen molar-refractivity contribution in [1.82, 2.24) is 10.6 Å². The van der Waals surface area contributed by atoms with Crippen LogP contribution in [0, 0.1) is 0 Å². The molecule has 0 atom stereocenters. The van der Waals surface area contributed by atoms with Gasteiger partial charge in [-0.2, -0.15) is 0 Å². The number of unbranched alkanes of at least 4 members (excludes halogenated alkanes) is 8. The summed E-state index contributed by atoms with van der Waals surface area (Å²) < 4.78 is 0. The van der Waals surface area contributed by atoms with E-state index in [0.29, 0.717) is 19.5 Å². The zero-order valence-corrected chi connectivity index (χ0v) is 15.8. The maximum Gasteiger partial charge on any atom is 0.303 e. The maximum atomic E-state index is 10.2. The van der Waals surface area contributed by atoms with E-state index in [0.717, 1.165) is 39.0 Å². The lowest BCUT2D eigenvalue weighted by molar-refractivity contribution is -0.137. The van der Waals surface area contributed by atoms with E-state index in [4.69, 9.17) is 16.6 Å². The minimum Gasteiger partial charge on any atom is -0.481 e. The lowest BCUT2D eigenvalue weighted by Crippen LogP contribution is -2.32. The molecule has 6 heteroatoms. The van der Waals surface area contributed by atoms with Gasteiger partial charge in [0.15, 0.2) is 0 Å². The number of nitrogens with one attached hydrogen (secondary N) is 2. The fourth-order valence-corrected chi connectivity index (χ4v) is 2.22. The molecule has 0 unspecified atom stereocenters. The first-order valence-corrected chi connectivity index (χ1v) is 9.72. The summed E-state index contributed by atoms with van der Waals surface area (Å²) in [5.74, 6) is -0.659. The second-order valence-electron chi connectivity index (χ2n) is 6.05. The van der Waals surface area contributed by atoms with Gasteiger partial charge in [0.2, 0.25) is 0 Å². The maximum absolute atomic E-state index is 10.2. The summed E-state index contributed by atoms with van der Waals surface area (Å²) in [4.78, 5) is 10.2. The minimum absolute atomic E-state index is 0.343. The van der Waals surface area contributed by atoms with Crippen molar-refractivity contribution in [2.45, 2.75) is 71.1 Å². The van der Waals surface area contributed by atoms with E-state index in [2.05, 4.69) is 17.6 Å². The van der Waals surface area contributed by atoms with Crippen LogP contribution in [0.15, 0.2) is 0 Å². The summed E-state index contributed by atoms with van der Waals surface area (Å²) in [7, 11) is 0. The van der Waals surface area contributed by atoms with Crippen LogP contribution < -0.4 is 22.1 Å². The Balaban J connectivity index is 0. The molecule has 0 rings (SSSR count). The Hall–Kier alpha value is -0.690. The Labute approximate surface area is 149 Å². The topological polar surface area (TPSA) is 113 Å². The summed E-state index contributed by atoms with van der Waals surface area (Å²) in [5.41, 5.74) is 10.5. The van der Waals surface area contributed by atoms with Crippen LogP contribution in [-0.2, 0) is 4.79 Å². The molecule has 24 heavy (non-hydrogen) atoms. The van der Waals surface area contributed by atoms with Gasteiger partial charge in [0.25, 0.3) is 0 Å². The molecule has 6 nitrogen and oxygen atoms in total. The van der Waals surface area contributed by atoms with E-state index in [9.17, 15) is 4.79 Å². The number of aliphatic carboxylic acids is 1. The largest absolute Gasteiger partial charge is 0.481 e. The molecular formula is C18H42N4O2. The highest BCUT2D eigenvalue weighted by Crippen LogP contribution is 2.10. The highest BCUT2D eigenvalue weighted by Gasteiger charge is 1.96. The molecule has 0 aliphatic heterocycles. The van der Waals surface area contributed by atoms with Crippen LogP contribution in [0.4, 0.5) is 0 Å². The Morgan fingerprint density at radius 1 is 0.750 bits per heavy atom. The molecule has 0 saturated carbocycles. The quantitative estimate of drug-likeness (QED) is 0.258. The molecule has 146 valence electrons. The first kappa shape index (κ1) is 25.5. The van der Waals surface area contributed by atoms with E-state index < -0.39 is 5.97 Å². The first-order chi connectivity index (χ1) is 11.7. The van der Waals surface area contributed by atoms with E-state index in [1.165, 1.54) is 44.9 Å². The number of rotatable bonds is 17. The molecule has 0 aliphatic carbocycles. The van der Waals surface area contributed by atoms with Crippen molar-refractivity contribution in [3.63, 3.8) is 0 Å². The highest BCUT2D eigenvalue weighted by molar-refractivity contribution is 5.66. The van der Waals surface area contributed by atoms with Crippen molar-refractivity contribution >= 4 is 5.97 Å². The van der Waals surface area contributed by atoms with Gasteiger partial charge in [0, 0.05) is 45.7 Å². The van der Waals surface area contributed by atoms with Crippen molar-refractivity contribution in [2.24, 2.45) is 11.5 Å².